The van der Waals surface area contributed by atoms with E-state index in [0.717, 1.165) is 0 Å². The summed E-state index contributed by atoms with van der Waals surface area (Å²) < 4.78 is 0. The Morgan fingerprint density at radius 1 is 0.362 bits per heavy atom. The van der Waals surface area contributed by atoms with Gasteiger partial charge in [0.05, 0.1) is 0 Å². The summed E-state index contributed by atoms with van der Waals surface area (Å²) in [5, 5.41) is 10.9. The van der Waals surface area contributed by atoms with E-state index in [0.29, 0.717) is 0 Å². The third kappa shape index (κ3) is 4.34. The summed E-state index contributed by atoms with van der Waals surface area (Å²) in [6, 6.07) is 55.1. The molecule has 0 saturated carbocycles. The molecule has 8 aromatic carbocycles. The smallest absolute Gasteiger partial charge is 0.0623 e. The lowest BCUT2D eigenvalue weighted by Gasteiger charge is -2.23. The molecule has 0 radical (unpaired) electrons. The standard InChI is InChI=1S/C46H36Si/c1-29-22-30(2)24-36(23-29)46-38-21-20-35(34-19-18-31-12-8-9-15-33(31)25-34)26-40(38)45(32-13-6-5-7-14-32)42-28-44-39(27-41(42)46)37-16-10-11-17-43(37)47(44,3)4/h5-28H,1-4H3. The zero-order chi connectivity index (χ0) is 31.9. The van der Waals surface area contributed by atoms with Crippen LogP contribution in [0, 0.1) is 13.8 Å². The Bertz CT molecular complexity index is 2530. The largest absolute Gasteiger partial charge is 0.113 e. The second kappa shape index (κ2) is 10.4. The maximum Gasteiger partial charge on any atom is 0.113 e. The fourth-order valence-corrected chi connectivity index (χ4v) is 11.4. The summed E-state index contributed by atoms with van der Waals surface area (Å²) in [7, 11) is -1.89. The number of hydrogen-bond donors (Lipinski definition) is 0. The summed E-state index contributed by atoms with van der Waals surface area (Å²) in [6.07, 6.45) is 0. The van der Waals surface area contributed by atoms with Gasteiger partial charge in [-0.2, -0.15) is 0 Å². The molecule has 0 unspecified atom stereocenters. The van der Waals surface area contributed by atoms with Crippen molar-refractivity contribution >= 4 is 50.8 Å². The molecule has 0 N–H and O–H groups in total. The molecule has 0 fully saturated rings. The van der Waals surface area contributed by atoms with Gasteiger partial charge in [0.15, 0.2) is 0 Å². The van der Waals surface area contributed by atoms with Crippen molar-refractivity contribution in [1.82, 2.24) is 0 Å². The lowest BCUT2D eigenvalue weighted by atomic mass is 9.83. The Kier molecular flexibility index (Phi) is 6.19. The molecule has 8 aromatic rings. The summed E-state index contributed by atoms with van der Waals surface area (Å²) >= 11 is 0. The lowest BCUT2D eigenvalue weighted by molar-refractivity contribution is 1.39. The van der Waals surface area contributed by atoms with Crippen LogP contribution in [0.2, 0.25) is 13.1 Å². The molecule has 224 valence electrons. The molecule has 0 saturated heterocycles. The van der Waals surface area contributed by atoms with Gasteiger partial charge in [0.25, 0.3) is 0 Å². The minimum absolute atomic E-state index is 1.24. The van der Waals surface area contributed by atoms with Crippen LogP contribution in [-0.2, 0) is 0 Å². The van der Waals surface area contributed by atoms with E-state index in [1.165, 1.54) is 88.0 Å². The van der Waals surface area contributed by atoms with E-state index in [-0.39, 0.29) is 0 Å². The third-order valence-electron chi connectivity index (χ3n) is 10.5. The van der Waals surface area contributed by atoms with Crippen molar-refractivity contribution in [2.45, 2.75) is 26.9 Å². The van der Waals surface area contributed by atoms with Gasteiger partial charge in [-0.15, -0.1) is 0 Å². The first-order valence-electron chi connectivity index (χ1n) is 16.7. The first-order valence-corrected chi connectivity index (χ1v) is 19.7. The Morgan fingerprint density at radius 2 is 0.979 bits per heavy atom. The van der Waals surface area contributed by atoms with Crippen molar-refractivity contribution in [2.24, 2.45) is 0 Å². The first kappa shape index (κ1) is 28.0. The fourth-order valence-electron chi connectivity index (χ4n) is 8.31. The van der Waals surface area contributed by atoms with E-state index < -0.39 is 8.07 Å². The summed E-state index contributed by atoms with van der Waals surface area (Å²) in [5.41, 5.74) is 13.1. The molecule has 1 aliphatic rings. The van der Waals surface area contributed by atoms with Gasteiger partial charge in [-0.3, -0.25) is 0 Å². The third-order valence-corrected chi connectivity index (χ3v) is 14.0. The zero-order valence-electron chi connectivity index (χ0n) is 27.4. The van der Waals surface area contributed by atoms with E-state index in [2.05, 4.69) is 173 Å². The van der Waals surface area contributed by atoms with E-state index in [4.69, 9.17) is 0 Å². The van der Waals surface area contributed by atoms with Crippen LogP contribution in [-0.4, -0.2) is 8.07 Å². The van der Waals surface area contributed by atoms with Crippen LogP contribution in [0.15, 0.2) is 146 Å². The Labute approximate surface area is 278 Å². The molecule has 0 bridgehead atoms. The van der Waals surface area contributed by atoms with Crippen molar-refractivity contribution in [3.63, 3.8) is 0 Å². The molecule has 0 aliphatic carbocycles. The molecule has 1 heterocycles. The van der Waals surface area contributed by atoms with Gasteiger partial charge >= 0.3 is 0 Å². The molecule has 1 heteroatoms. The highest BCUT2D eigenvalue weighted by Crippen LogP contribution is 2.47. The summed E-state index contributed by atoms with van der Waals surface area (Å²) in [5.74, 6) is 0. The highest BCUT2D eigenvalue weighted by molar-refractivity contribution is 7.04. The van der Waals surface area contributed by atoms with Gasteiger partial charge in [0.1, 0.15) is 8.07 Å². The van der Waals surface area contributed by atoms with Crippen LogP contribution < -0.4 is 10.4 Å². The maximum absolute atomic E-state index is 2.59. The van der Waals surface area contributed by atoms with Gasteiger partial charge in [0.2, 0.25) is 0 Å². The van der Waals surface area contributed by atoms with Crippen LogP contribution >= 0.6 is 0 Å². The average molecular weight is 617 g/mol. The second-order valence-electron chi connectivity index (χ2n) is 13.9. The highest BCUT2D eigenvalue weighted by atomic mass is 28.3. The molecule has 9 rings (SSSR count). The Balaban J connectivity index is 1.45. The van der Waals surface area contributed by atoms with Crippen LogP contribution in [0.5, 0.6) is 0 Å². The van der Waals surface area contributed by atoms with Crippen molar-refractivity contribution in [2.75, 3.05) is 0 Å². The molecule has 0 aromatic heterocycles. The van der Waals surface area contributed by atoms with Gasteiger partial charge in [-0.25, -0.2) is 0 Å². The number of benzene rings is 8. The molecular weight excluding hydrogens is 581 g/mol. The first-order chi connectivity index (χ1) is 22.9. The second-order valence-corrected chi connectivity index (χ2v) is 18.3. The SMILES string of the molecule is Cc1cc(C)cc(-c2c3ccc(-c4ccc5ccccc5c4)cc3c(-c3ccccc3)c3cc4c(cc23)-c2ccccc2[Si]4(C)C)c1. The average Bonchev–Trinajstić information content (AvgIpc) is 3.31. The van der Waals surface area contributed by atoms with Crippen LogP contribution in [0.25, 0.3) is 76.8 Å². The van der Waals surface area contributed by atoms with Gasteiger partial charge < -0.3 is 0 Å². The van der Waals surface area contributed by atoms with Crippen LogP contribution in [0.1, 0.15) is 11.1 Å². The Morgan fingerprint density at radius 3 is 1.79 bits per heavy atom. The molecule has 0 nitrogen and oxygen atoms in total. The topological polar surface area (TPSA) is 0 Å². The Hall–Kier alpha value is -5.24. The number of rotatable bonds is 3. The quantitative estimate of drug-likeness (QED) is 0.137. The van der Waals surface area contributed by atoms with Crippen LogP contribution in [0.4, 0.5) is 0 Å². The zero-order valence-corrected chi connectivity index (χ0v) is 28.4. The van der Waals surface area contributed by atoms with Crippen molar-refractivity contribution < 1.29 is 0 Å². The highest BCUT2D eigenvalue weighted by Gasteiger charge is 2.38. The summed E-state index contributed by atoms with van der Waals surface area (Å²) in [4.78, 5) is 0. The molecule has 0 amide bonds. The van der Waals surface area contributed by atoms with E-state index >= 15 is 0 Å². The number of fused-ring (bicyclic) bond motifs is 6. The van der Waals surface area contributed by atoms with Gasteiger partial charge in [-0.1, -0.05) is 152 Å². The predicted molar refractivity (Wildman–Crippen MR) is 207 cm³/mol. The number of aryl methyl sites for hydroxylation is 2. The molecule has 0 atom stereocenters. The van der Waals surface area contributed by atoms with Crippen molar-refractivity contribution in [3.8, 4) is 44.5 Å². The van der Waals surface area contributed by atoms with E-state index in [9.17, 15) is 0 Å². The molecule has 1 aliphatic heterocycles. The normalized spacial score (nSPS) is 13.3. The van der Waals surface area contributed by atoms with Crippen LogP contribution in [0.3, 0.4) is 0 Å². The van der Waals surface area contributed by atoms with E-state index in [1.54, 1.807) is 10.4 Å². The maximum atomic E-state index is 2.59. The van der Waals surface area contributed by atoms with Gasteiger partial charge in [0, 0.05) is 0 Å². The predicted octanol–water partition coefficient (Wildman–Crippen LogP) is 11.6. The number of hydrogen-bond acceptors (Lipinski definition) is 0. The molecule has 0 spiro atoms. The minimum Gasteiger partial charge on any atom is -0.0623 e. The van der Waals surface area contributed by atoms with Crippen molar-refractivity contribution in [3.05, 3.63) is 157 Å². The summed E-state index contributed by atoms with van der Waals surface area (Å²) in [6.45, 7) is 9.49. The minimum atomic E-state index is -1.89. The monoisotopic (exact) mass is 616 g/mol. The fraction of sp³-hybridized carbons (Fsp3) is 0.0870. The lowest BCUT2D eigenvalue weighted by Crippen LogP contribution is -2.49. The van der Waals surface area contributed by atoms with E-state index in [1.807, 2.05) is 0 Å². The molecule has 47 heavy (non-hydrogen) atoms. The molecular formula is C46H36Si. The van der Waals surface area contributed by atoms with Crippen molar-refractivity contribution in [1.29, 1.82) is 0 Å². The van der Waals surface area contributed by atoms with Gasteiger partial charge in [-0.05, 0) is 119 Å².